The number of hydrogen-bond donors (Lipinski definition) is 0. The molecule has 1 rings (SSSR count). The Morgan fingerprint density at radius 3 is 2.56 bits per heavy atom. The van der Waals surface area contributed by atoms with E-state index >= 15 is 0 Å². The monoisotopic (exact) mass is 135 g/mol. The lowest BCUT2D eigenvalue weighted by atomic mass is 10.1. The molecular weight excluding hydrogens is 124 g/mol. The van der Waals surface area contributed by atoms with Gasteiger partial charge in [0.15, 0.2) is 5.67 Å². The van der Waals surface area contributed by atoms with Gasteiger partial charge in [-0.05, 0) is 13.5 Å². The van der Waals surface area contributed by atoms with E-state index in [-0.39, 0.29) is 6.54 Å². The molecule has 9 heavy (non-hydrogen) atoms. The van der Waals surface area contributed by atoms with E-state index in [0.29, 0.717) is 13.0 Å². The SMILES string of the molecule is CN1CC[C@@](F)(CF)C1. The third kappa shape index (κ3) is 1.39. The van der Waals surface area contributed by atoms with Gasteiger partial charge in [0.25, 0.3) is 0 Å². The van der Waals surface area contributed by atoms with Gasteiger partial charge in [-0.1, -0.05) is 0 Å². The topological polar surface area (TPSA) is 3.24 Å². The smallest absolute Gasteiger partial charge is 0.152 e. The molecule has 0 N–H and O–H groups in total. The van der Waals surface area contributed by atoms with E-state index < -0.39 is 12.3 Å². The van der Waals surface area contributed by atoms with Gasteiger partial charge in [-0.3, -0.25) is 0 Å². The van der Waals surface area contributed by atoms with Crippen LogP contribution in [0.2, 0.25) is 0 Å². The molecule has 0 aromatic carbocycles. The van der Waals surface area contributed by atoms with E-state index in [2.05, 4.69) is 0 Å². The Bertz CT molecular complexity index is 107. The summed E-state index contributed by atoms with van der Waals surface area (Å²) >= 11 is 0. The fourth-order valence-corrected chi connectivity index (χ4v) is 1.14. The molecule has 1 aliphatic heterocycles. The molecule has 1 atom stereocenters. The highest BCUT2D eigenvalue weighted by Gasteiger charge is 2.36. The number of halogens is 2. The zero-order chi connectivity index (χ0) is 6.91. The molecule has 0 saturated carbocycles. The maximum Gasteiger partial charge on any atom is 0.152 e. The van der Waals surface area contributed by atoms with Gasteiger partial charge < -0.3 is 4.90 Å². The molecule has 54 valence electrons. The van der Waals surface area contributed by atoms with Crippen LogP contribution in [0.1, 0.15) is 6.42 Å². The Labute approximate surface area is 53.6 Å². The van der Waals surface area contributed by atoms with Gasteiger partial charge >= 0.3 is 0 Å². The summed E-state index contributed by atoms with van der Waals surface area (Å²) in [6.45, 7) is 0.0985. The van der Waals surface area contributed by atoms with Gasteiger partial charge in [-0.15, -0.1) is 0 Å². The van der Waals surface area contributed by atoms with Crippen LogP contribution >= 0.6 is 0 Å². The highest BCUT2D eigenvalue weighted by atomic mass is 19.2. The Hall–Kier alpha value is -0.180. The number of rotatable bonds is 1. The third-order valence-corrected chi connectivity index (χ3v) is 1.73. The molecule has 0 aromatic heterocycles. The summed E-state index contributed by atoms with van der Waals surface area (Å²) in [5.41, 5.74) is -1.53. The van der Waals surface area contributed by atoms with Crippen molar-refractivity contribution >= 4 is 0 Å². The van der Waals surface area contributed by atoms with Crippen LogP contribution < -0.4 is 0 Å². The minimum absolute atomic E-state index is 0.253. The first-order valence-corrected chi connectivity index (χ1v) is 3.10. The first-order chi connectivity index (χ1) is 4.16. The van der Waals surface area contributed by atoms with Gasteiger partial charge in [-0.2, -0.15) is 0 Å². The average Bonchev–Trinajstić information content (AvgIpc) is 2.13. The molecule has 1 aliphatic rings. The van der Waals surface area contributed by atoms with Crippen molar-refractivity contribution in [1.82, 2.24) is 4.90 Å². The number of nitrogens with zero attached hydrogens (tertiary/aromatic N) is 1. The van der Waals surface area contributed by atoms with Crippen LogP contribution in [0.4, 0.5) is 8.78 Å². The van der Waals surface area contributed by atoms with Crippen molar-refractivity contribution in [2.75, 3.05) is 26.8 Å². The third-order valence-electron chi connectivity index (χ3n) is 1.73. The summed E-state index contributed by atoms with van der Waals surface area (Å²) in [7, 11) is 1.80. The van der Waals surface area contributed by atoms with Crippen molar-refractivity contribution in [3.63, 3.8) is 0 Å². The predicted octanol–water partition coefficient (Wildman–Crippen LogP) is 1.000. The number of likely N-dealkylation sites (tertiary alicyclic amines) is 1. The lowest BCUT2D eigenvalue weighted by Crippen LogP contribution is -2.28. The lowest BCUT2D eigenvalue weighted by Gasteiger charge is -2.13. The number of hydrogen-bond acceptors (Lipinski definition) is 1. The molecule has 0 amide bonds. The van der Waals surface area contributed by atoms with Crippen LogP contribution in [0.5, 0.6) is 0 Å². The molecule has 1 heterocycles. The average molecular weight is 135 g/mol. The van der Waals surface area contributed by atoms with E-state index in [9.17, 15) is 8.78 Å². The normalized spacial score (nSPS) is 37.7. The minimum atomic E-state index is -1.53. The second-order valence-corrected chi connectivity index (χ2v) is 2.77. The summed E-state index contributed by atoms with van der Waals surface area (Å²) in [5.74, 6) is 0. The Kier molecular flexibility index (Phi) is 1.70. The molecule has 0 unspecified atom stereocenters. The van der Waals surface area contributed by atoms with Crippen molar-refractivity contribution in [1.29, 1.82) is 0 Å². The van der Waals surface area contributed by atoms with Crippen LogP contribution in [0.15, 0.2) is 0 Å². The van der Waals surface area contributed by atoms with Crippen LogP contribution in [-0.2, 0) is 0 Å². The molecule has 1 saturated heterocycles. The standard InChI is InChI=1S/C6H11F2N/c1-9-3-2-6(8,4-7)5-9/h2-5H2,1H3/t6-/m1/s1. The van der Waals surface area contributed by atoms with E-state index in [1.54, 1.807) is 11.9 Å². The highest BCUT2D eigenvalue weighted by Crippen LogP contribution is 2.24. The van der Waals surface area contributed by atoms with Crippen LogP contribution in [0.25, 0.3) is 0 Å². The van der Waals surface area contributed by atoms with E-state index in [1.807, 2.05) is 0 Å². The molecule has 0 aromatic rings. The predicted molar refractivity (Wildman–Crippen MR) is 31.9 cm³/mol. The summed E-state index contributed by atoms with van der Waals surface area (Å²) in [6, 6.07) is 0. The maximum atomic E-state index is 12.9. The lowest BCUT2D eigenvalue weighted by molar-refractivity contribution is 0.130. The molecule has 0 spiro atoms. The van der Waals surface area contributed by atoms with E-state index in [4.69, 9.17) is 0 Å². The largest absolute Gasteiger partial charge is 0.303 e. The molecule has 0 radical (unpaired) electrons. The highest BCUT2D eigenvalue weighted by molar-refractivity contribution is 4.88. The first-order valence-electron chi connectivity index (χ1n) is 3.10. The van der Waals surface area contributed by atoms with Crippen molar-refractivity contribution in [3.8, 4) is 0 Å². The summed E-state index contributed by atoms with van der Waals surface area (Å²) in [5, 5.41) is 0. The Balaban J connectivity index is 2.45. The summed E-state index contributed by atoms with van der Waals surface area (Å²) < 4.78 is 24.7. The molecule has 3 heteroatoms. The fourth-order valence-electron chi connectivity index (χ4n) is 1.14. The van der Waals surface area contributed by atoms with Crippen molar-refractivity contribution in [2.24, 2.45) is 0 Å². The second-order valence-electron chi connectivity index (χ2n) is 2.77. The quantitative estimate of drug-likeness (QED) is 0.518. The van der Waals surface area contributed by atoms with Crippen LogP contribution in [0.3, 0.4) is 0 Å². The van der Waals surface area contributed by atoms with E-state index in [1.165, 1.54) is 0 Å². The van der Waals surface area contributed by atoms with Gasteiger partial charge in [0, 0.05) is 13.1 Å². The van der Waals surface area contributed by atoms with Gasteiger partial charge in [0.05, 0.1) is 0 Å². The molecule has 1 nitrogen and oxygen atoms in total. The number of alkyl halides is 2. The second kappa shape index (κ2) is 2.21. The molecule has 0 aliphatic carbocycles. The van der Waals surface area contributed by atoms with Crippen molar-refractivity contribution < 1.29 is 8.78 Å². The van der Waals surface area contributed by atoms with Gasteiger partial charge in [0.2, 0.25) is 0 Å². The Morgan fingerprint density at radius 1 is 1.67 bits per heavy atom. The zero-order valence-corrected chi connectivity index (χ0v) is 5.53. The zero-order valence-electron chi connectivity index (χ0n) is 5.53. The first kappa shape index (κ1) is 6.93. The molecule has 1 fully saturated rings. The van der Waals surface area contributed by atoms with Crippen molar-refractivity contribution in [2.45, 2.75) is 12.1 Å². The van der Waals surface area contributed by atoms with Gasteiger partial charge in [0.1, 0.15) is 6.67 Å². The Morgan fingerprint density at radius 2 is 2.33 bits per heavy atom. The summed E-state index contributed by atoms with van der Waals surface area (Å²) in [4.78, 5) is 1.81. The molecular formula is C6H11F2N. The maximum absolute atomic E-state index is 12.9. The van der Waals surface area contributed by atoms with Crippen LogP contribution in [0, 0.1) is 0 Å². The minimum Gasteiger partial charge on any atom is -0.303 e. The van der Waals surface area contributed by atoms with Gasteiger partial charge in [-0.25, -0.2) is 8.78 Å². The fraction of sp³-hybridized carbons (Fsp3) is 1.00. The van der Waals surface area contributed by atoms with Crippen molar-refractivity contribution in [3.05, 3.63) is 0 Å². The van der Waals surface area contributed by atoms with Crippen LogP contribution in [-0.4, -0.2) is 37.4 Å². The molecule has 0 bridgehead atoms. The summed E-state index contributed by atoms with van der Waals surface area (Å²) in [6.07, 6.45) is 0.347. The van der Waals surface area contributed by atoms with E-state index in [0.717, 1.165) is 0 Å².